The summed E-state index contributed by atoms with van der Waals surface area (Å²) in [7, 11) is 1.58. The minimum atomic E-state index is -0.966. The predicted molar refractivity (Wildman–Crippen MR) is 112 cm³/mol. The van der Waals surface area contributed by atoms with Crippen LogP contribution in [0.2, 0.25) is 0 Å². The second kappa shape index (κ2) is 8.65. The van der Waals surface area contributed by atoms with Crippen molar-refractivity contribution in [3.63, 3.8) is 0 Å². The number of aromatic nitrogens is 2. The number of benzene rings is 2. The first-order chi connectivity index (χ1) is 13.2. The van der Waals surface area contributed by atoms with Gasteiger partial charge in [-0.2, -0.15) is 0 Å². The zero-order valence-electron chi connectivity index (χ0n) is 15.9. The van der Waals surface area contributed by atoms with Crippen LogP contribution in [0.3, 0.4) is 0 Å². The zero-order valence-corrected chi connectivity index (χ0v) is 16.7. The highest BCUT2D eigenvalue weighted by molar-refractivity contribution is 6.02. The van der Waals surface area contributed by atoms with Crippen LogP contribution in [0.1, 0.15) is 59.8 Å². The van der Waals surface area contributed by atoms with E-state index in [9.17, 15) is 9.90 Å². The van der Waals surface area contributed by atoms with Gasteiger partial charge in [0.05, 0.1) is 18.2 Å². The highest BCUT2D eigenvalue weighted by Crippen LogP contribution is 2.40. The van der Waals surface area contributed by atoms with Gasteiger partial charge in [-0.1, -0.05) is 49.6 Å². The second-order valence-electron chi connectivity index (χ2n) is 7.25. The second-order valence-corrected chi connectivity index (χ2v) is 7.25. The molecule has 1 saturated carbocycles. The maximum absolute atomic E-state index is 11.7. The molecule has 1 aromatic heterocycles. The molecular formula is C22H25ClN2O3. The number of ether oxygens (including phenoxy) is 1. The van der Waals surface area contributed by atoms with Gasteiger partial charge in [0.15, 0.2) is 0 Å². The van der Waals surface area contributed by atoms with Crippen LogP contribution in [0.25, 0.3) is 11.0 Å². The van der Waals surface area contributed by atoms with Gasteiger partial charge in [0, 0.05) is 5.92 Å². The van der Waals surface area contributed by atoms with Crippen molar-refractivity contribution in [3.05, 3.63) is 59.4 Å². The lowest BCUT2D eigenvalue weighted by molar-refractivity contribution is 0.0699. The summed E-state index contributed by atoms with van der Waals surface area (Å²) in [6, 6.07) is 13.7. The van der Waals surface area contributed by atoms with Crippen LogP contribution in [-0.2, 0) is 0 Å². The molecule has 5 nitrogen and oxygen atoms in total. The molecule has 148 valence electrons. The van der Waals surface area contributed by atoms with E-state index < -0.39 is 5.97 Å². The van der Waals surface area contributed by atoms with E-state index in [-0.39, 0.29) is 23.9 Å². The van der Waals surface area contributed by atoms with Crippen LogP contribution in [0.5, 0.6) is 5.75 Å². The monoisotopic (exact) mass is 400 g/mol. The van der Waals surface area contributed by atoms with Crippen molar-refractivity contribution < 1.29 is 14.6 Å². The Labute approximate surface area is 170 Å². The van der Waals surface area contributed by atoms with Crippen molar-refractivity contribution in [1.82, 2.24) is 9.97 Å². The van der Waals surface area contributed by atoms with Crippen molar-refractivity contribution >= 4 is 29.4 Å². The van der Waals surface area contributed by atoms with Crippen molar-refractivity contribution in [3.8, 4) is 5.75 Å². The van der Waals surface area contributed by atoms with Crippen LogP contribution in [0.15, 0.2) is 42.5 Å². The van der Waals surface area contributed by atoms with Crippen LogP contribution in [0, 0.1) is 5.92 Å². The molecule has 1 aliphatic carbocycles. The fourth-order valence-corrected chi connectivity index (χ4v) is 4.36. The number of imidazole rings is 1. The van der Waals surface area contributed by atoms with E-state index in [1.165, 1.54) is 37.7 Å². The lowest BCUT2D eigenvalue weighted by Gasteiger charge is -2.29. The zero-order chi connectivity index (χ0) is 18.8. The van der Waals surface area contributed by atoms with Crippen molar-refractivity contribution in [2.24, 2.45) is 5.92 Å². The van der Waals surface area contributed by atoms with Crippen LogP contribution in [-0.4, -0.2) is 28.2 Å². The molecule has 0 aliphatic heterocycles. The molecule has 0 radical (unpaired) electrons. The number of carbonyl (C=O) groups is 1. The smallest absolute Gasteiger partial charge is 0.337 e. The summed E-state index contributed by atoms with van der Waals surface area (Å²) in [5, 5.41) is 9.57. The van der Waals surface area contributed by atoms with Gasteiger partial charge in [-0.3, -0.25) is 0 Å². The minimum absolute atomic E-state index is 0. The summed E-state index contributed by atoms with van der Waals surface area (Å²) < 4.78 is 5.43. The molecule has 0 bridgehead atoms. The van der Waals surface area contributed by atoms with Gasteiger partial charge < -0.3 is 14.8 Å². The summed E-state index contributed by atoms with van der Waals surface area (Å²) in [6.45, 7) is 0. The molecule has 1 heterocycles. The molecule has 2 N–H and O–H groups in total. The standard InChI is InChI=1S/C22H24N2O3.ClH/c1-27-17-13-12-16(22(25)26)19-20(17)24-21(23-19)18(14-8-4-2-5-9-14)15-10-6-3-7-11-15;/h2,4-5,8-9,12-13,15,18H,3,6-7,10-11H2,1H3,(H,23,24)(H,25,26);1H. The summed E-state index contributed by atoms with van der Waals surface area (Å²) in [5.41, 5.74) is 2.57. The van der Waals surface area contributed by atoms with Crippen LogP contribution < -0.4 is 4.74 Å². The Kier molecular flexibility index (Phi) is 6.25. The first-order valence-corrected chi connectivity index (χ1v) is 9.54. The van der Waals surface area contributed by atoms with E-state index in [1.54, 1.807) is 19.2 Å². The number of fused-ring (bicyclic) bond motifs is 1. The number of H-pyrrole nitrogens is 1. The first-order valence-electron chi connectivity index (χ1n) is 9.54. The predicted octanol–water partition coefficient (Wildman–Crippen LogP) is 5.40. The molecule has 3 aromatic rings. The lowest BCUT2D eigenvalue weighted by Crippen LogP contribution is -2.18. The first kappa shape index (κ1) is 20.2. The summed E-state index contributed by atoms with van der Waals surface area (Å²) >= 11 is 0. The minimum Gasteiger partial charge on any atom is -0.494 e. The third-order valence-corrected chi connectivity index (χ3v) is 5.65. The Balaban J connectivity index is 0.00000225. The molecule has 4 rings (SSSR count). The van der Waals surface area contributed by atoms with Gasteiger partial charge in [-0.15, -0.1) is 12.4 Å². The lowest BCUT2D eigenvalue weighted by atomic mass is 9.76. The Bertz CT molecular complexity index is 949. The topological polar surface area (TPSA) is 75.2 Å². The highest BCUT2D eigenvalue weighted by atomic mass is 35.5. The van der Waals surface area contributed by atoms with Crippen LogP contribution in [0.4, 0.5) is 0 Å². The SMILES string of the molecule is COc1ccc(C(=O)O)c2[nH]c(C(c3ccccc3)C3CCCCC3)nc12.Cl. The Morgan fingerprint density at radius 3 is 2.50 bits per heavy atom. The maximum atomic E-state index is 11.7. The number of aromatic amines is 1. The molecule has 1 unspecified atom stereocenters. The number of rotatable bonds is 5. The van der Waals surface area contributed by atoms with Crippen LogP contribution >= 0.6 is 12.4 Å². The quantitative estimate of drug-likeness (QED) is 0.600. The number of nitrogens with zero attached hydrogens (tertiary/aromatic N) is 1. The molecule has 2 aromatic carbocycles. The molecular weight excluding hydrogens is 376 g/mol. The van der Waals surface area contributed by atoms with Gasteiger partial charge in [-0.05, 0) is 36.5 Å². The third-order valence-electron chi connectivity index (χ3n) is 5.65. The van der Waals surface area contributed by atoms with E-state index in [0.717, 1.165) is 5.82 Å². The fraction of sp³-hybridized carbons (Fsp3) is 0.364. The van der Waals surface area contributed by atoms with Gasteiger partial charge in [0.2, 0.25) is 0 Å². The average Bonchev–Trinajstić information content (AvgIpc) is 3.13. The van der Waals surface area contributed by atoms with Gasteiger partial charge >= 0.3 is 5.97 Å². The molecule has 1 aliphatic rings. The number of halogens is 1. The van der Waals surface area contributed by atoms with E-state index in [0.29, 0.717) is 22.7 Å². The molecule has 1 fully saturated rings. The molecule has 0 saturated heterocycles. The number of carboxylic acids is 1. The highest BCUT2D eigenvalue weighted by Gasteiger charge is 2.30. The molecule has 28 heavy (non-hydrogen) atoms. The summed E-state index contributed by atoms with van der Waals surface area (Å²) in [6.07, 6.45) is 6.09. The molecule has 0 amide bonds. The van der Waals surface area contributed by atoms with Crippen molar-refractivity contribution in [2.45, 2.75) is 38.0 Å². The number of nitrogens with one attached hydrogen (secondary N) is 1. The van der Waals surface area contributed by atoms with Gasteiger partial charge in [-0.25, -0.2) is 9.78 Å². The number of methoxy groups -OCH3 is 1. The van der Waals surface area contributed by atoms with E-state index in [4.69, 9.17) is 9.72 Å². The van der Waals surface area contributed by atoms with Gasteiger partial charge in [0.25, 0.3) is 0 Å². The number of hydrogen-bond acceptors (Lipinski definition) is 3. The van der Waals surface area contributed by atoms with E-state index in [1.807, 2.05) is 6.07 Å². The molecule has 1 atom stereocenters. The number of carboxylic acid groups (broad SMARTS) is 1. The Morgan fingerprint density at radius 2 is 1.86 bits per heavy atom. The van der Waals surface area contributed by atoms with E-state index in [2.05, 4.69) is 29.2 Å². The third kappa shape index (κ3) is 3.72. The summed E-state index contributed by atoms with van der Waals surface area (Å²) in [5.74, 6) is 1.08. The number of hydrogen-bond donors (Lipinski definition) is 2. The summed E-state index contributed by atoms with van der Waals surface area (Å²) in [4.78, 5) is 19.9. The fourth-order valence-electron chi connectivity index (χ4n) is 4.36. The van der Waals surface area contributed by atoms with Gasteiger partial charge in [0.1, 0.15) is 17.1 Å². The normalized spacial score (nSPS) is 15.8. The largest absolute Gasteiger partial charge is 0.494 e. The number of aromatic carboxylic acids is 1. The average molecular weight is 401 g/mol. The van der Waals surface area contributed by atoms with E-state index >= 15 is 0 Å². The molecule has 0 spiro atoms. The Morgan fingerprint density at radius 1 is 1.14 bits per heavy atom. The Hall–Kier alpha value is -2.53. The van der Waals surface area contributed by atoms with Crippen molar-refractivity contribution in [1.29, 1.82) is 0 Å². The maximum Gasteiger partial charge on any atom is 0.337 e. The van der Waals surface area contributed by atoms with Crippen molar-refractivity contribution in [2.75, 3.05) is 7.11 Å². The molecule has 6 heteroatoms.